The summed E-state index contributed by atoms with van der Waals surface area (Å²) in [5.74, 6) is 0.800. The highest BCUT2D eigenvalue weighted by Crippen LogP contribution is 2.22. The van der Waals surface area contributed by atoms with Crippen molar-refractivity contribution in [2.75, 3.05) is 25.6 Å². The molecule has 1 aromatic carbocycles. The van der Waals surface area contributed by atoms with E-state index in [1.54, 1.807) is 7.11 Å². The summed E-state index contributed by atoms with van der Waals surface area (Å²) >= 11 is 6.18. The minimum Gasteiger partial charge on any atom is -0.383 e. The number of halogens is 1. The molecule has 19 heavy (non-hydrogen) atoms. The number of benzene rings is 1. The second-order valence-corrected chi connectivity index (χ2v) is 4.84. The molecule has 0 aliphatic rings. The molecule has 102 valence electrons. The van der Waals surface area contributed by atoms with Crippen molar-refractivity contribution >= 4 is 17.5 Å². The van der Waals surface area contributed by atoms with Gasteiger partial charge in [0.05, 0.1) is 12.3 Å². The quantitative estimate of drug-likeness (QED) is 0.855. The molecule has 0 bridgehead atoms. The van der Waals surface area contributed by atoms with Crippen LogP contribution in [0.25, 0.3) is 5.69 Å². The molecule has 5 heteroatoms. The highest BCUT2D eigenvalue weighted by atomic mass is 35.5. The van der Waals surface area contributed by atoms with E-state index in [1.807, 2.05) is 42.8 Å². The normalized spacial score (nSPS) is 10.7. The molecule has 0 radical (unpaired) electrons. The summed E-state index contributed by atoms with van der Waals surface area (Å²) < 4.78 is 7.03. The van der Waals surface area contributed by atoms with Gasteiger partial charge < -0.3 is 10.1 Å². The molecule has 0 amide bonds. The molecule has 4 nitrogen and oxygen atoms in total. The molecule has 0 aliphatic carbocycles. The van der Waals surface area contributed by atoms with Gasteiger partial charge in [-0.2, -0.15) is 0 Å². The summed E-state index contributed by atoms with van der Waals surface area (Å²) in [6, 6.07) is 5.98. The fourth-order valence-corrected chi connectivity index (χ4v) is 1.99. The maximum Gasteiger partial charge on any atom is 0.207 e. The third-order valence-corrected chi connectivity index (χ3v) is 3.26. The van der Waals surface area contributed by atoms with Crippen molar-refractivity contribution in [3.05, 3.63) is 40.7 Å². The number of methoxy groups -OCH3 is 1. The third-order valence-electron chi connectivity index (χ3n) is 2.85. The zero-order valence-corrected chi connectivity index (χ0v) is 12.2. The van der Waals surface area contributed by atoms with Gasteiger partial charge in [-0.1, -0.05) is 17.7 Å². The van der Waals surface area contributed by atoms with Gasteiger partial charge in [-0.25, -0.2) is 4.98 Å². The lowest BCUT2D eigenvalue weighted by Crippen LogP contribution is -2.11. The van der Waals surface area contributed by atoms with Crippen LogP contribution in [-0.2, 0) is 4.74 Å². The Morgan fingerprint density at radius 3 is 2.84 bits per heavy atom. The number of rotatable bonds is 5. The van der Waals surface area contributed by atoms with Crippen LogP contribution in [-0.4, -0.2) is 29.8 Å². The monoisotopic (exact) mass is 279 g/mol. The van der Waals surface area contributed by atoms with Crippen LogP contribution in [0.15, 0.2) is 24.4 Å². The Bertz CT molecular complexity index is 566. The molecule has 1 aromatic heterocycles. The van der Waals surface area contributed by atoms with E-state index < -0.39 is 0 Å². The molecule has 0 unspecified atom stereocenters. The molecule has 2 aromatic rings. The van der Waals surface area contributed by atoms with Gasteiger partial charge in [-0.3, -0.25) is 4.57 Å². The highest BCUT2D eigenvalue weighted by Gasteiger charge is 2.08. The van der Waals surface area contributed by atoms with Crippen LogP contribution in [0.2, 0.25) is 5.02 Å². The lowest BCUT2D eigenvalue weighted by molar-refractivity contribution is 0.210. The number of hydrogen-bond donors (Lipinski definition) is 1. The second-order valence-electron chi connectivity index (χ2n) is 4.43. The Hall–Kier alpha value is -1.52. The fourth-order valence-electron chi connectivity index (χ4n) is 1.82. The largest absolute Gasteiger partial charge is 0.383 e. The summed E-state index contributed by atoms with van der Waals surface area (Å²) in [4.78, 5) is 4.46. The van der Waals surface area contributed by atoms with Gasteiger partial charge in [-0.05, 0) is 31.5 Å². The van der Waals surface area contributed by atoms with Gasteiger partial charge >= 0.3 is 0 Å². The van der Waals surface area contributed by atoms with Crippen LogP contribution in [0.1, 0.15) is 11.3 Å². The molecular weight excluding hydrogens is 262 g/mol. The number of aryl methyl sites for hydroxylation is 2. The highest BCUT2D eigenvalue weighted by molar-refractivity contribution is 6.31. The Labute approximate surface area is 118 Å². The van der Waals surface area contributed by atoms with E-state index in [0.29, 0.717) is 13.2 Å². The summed E-state index contributed by atoms with van der Waals surface area (Å²) in [6.45, 7) is 5.31. The smallest absolute Gasteiger partial charge is 0.207 e. The molecule has 1 N–H and O–H groups in total. The fraction of sp³-hybridized carbons (Fsp3) is 0.357. The van der Waals surface area contributed by atoms with Crippen LogP contribution >= 0.6 is 11.6 Å². The number of hydrogen-bond acceptors (Lipinski definition) is 3. The Balaban J connectivity index is 2.29. The molecule has 0 saturated carbocycles. The van der Waals surface area contributed by atoms with Gasteiger partial charge in [0.1, 0.15) is 0 Å². The van der Waals surface area contributed by atoms with E-state index in [4.69, 9.17) is 16.3 Å². The van der Waals surface area contributed by atoms with E-state index in [9.17, 15) is 0 Å². The maximum absolute atomic E-state index is 6.18. The van der Waals surface area contributed by atoms with Crippen LogP contribution in [0, 0.1) is 13.8 Å². The first-order valence-electron chi connectivity index (χ1n) is 6.17. The lowest BCUT2D eigenvalue weighted by Gasteiger charge is -2.10. The predicted molar refractivity (Wildman–Crippen MR) is 78.4 cm³/mol. The number of nitrogens with one attached hydrogen (secondary N) is 1. The molecule has 0 spiro atoms. The van der Waals surface area contributed by atoms with E-state index in [-0.39, 0.29) is 0 Å². The first-order valence-corrected chi connectivity index (χ1v) is 6.55. The number of ether oxygens (including phenoxy) is 1. The predicted octanol–water partition coefficient (Wildman–Crippen LogP) is 3.20. The number of anilines is 1. The van der Waals surface area contributed by atoms with Crippen LogP contribution in [0.4, 0.5) is 5.95 Å². The summed E-state index contributed by atoms with van der Waals surface area (Å²) in [6.07, 6.45) is 1.98. The van der Waals surface area contributed by atoms with E-state index in [2.05, 4.69) is 10.3 Å². The first kappa shape index (κ1) is 13.9. The lowest BCUT2D eigenvalue weighted by atomic mass is 10.2. The third kappa shape index (κ3) is 3.28. The van der Waals surface area contributed by atoms with Gasteiger partial charge in [-0.15, -0.1) is 0 Å². The average molecular weight is 280 g/mol. The summed E-state index contributed by atoms with van der Waals surface area (Å²) in [7, 11) is 1.68. The molecular formula is C14H18ClN3O. The van der Waals surface area contributed by atoms with E-state index in [1.165, 1.54) is 0 Å². The van der Waals surface area contributed by atoms with Crippen LogP contribution < -0.4 is 5.32 Å². The van der Waals surface area contributed by atoms with Crippen molar-refractivity contribution in [3.63, 3.8) is 0 Å². The van der Waals surface area contributed by atoms with Crippen molar-refractivity contribution in [2.24, 2.45) is 0 Å². The topological polar surface area (TPSA) is 39.1 Å². The average Bonchev–Trinajstić information content (AvgIpc) is 2.74. The number of imidazole rings is 1. The van der Waals surface area contributed by atoms with Gasteiger partial charge in [0.15, 0.2) is 0 Å². The Kier molecular flexibility index (Phi) is 4.45. The standard InChI is InChI=1S/C14H18ClN3O/c1-10-4-5-12(8-13(10)15)18-9-11(2)17-14(18)16-6-7-19-3/h4-5,8-9H,6-7H2,1-3H3,(H,16,17). The van der Waals surface area contributed by atoms with Crippen molar-refractivity contribution in [2.45, 2.75) is 13.8 Å². The van der Waals surface area contributed by atoms with Crippen LogP contribution in [0.3, 0.4) is 0 Å². The molecule has 1 heterocycles. The van der Waals surface area contributed by atoms with Crippen molar-refractivity contribution in [1.29, 1.82) is 0 Å². The Morgan fingerprint density at radius 2 is 2.16 bits per heavy atom. The summed E-state index contributed by atoms with van der Waals surface area (Å²) in [5.41, 5.74) is 3.02. The number of aromatic nitrogens is 2. The molecule has 0 aliphatic heterocycles. The molecule has 0 fully saturated rings. The van der Waals surface area contributed by atoms with Gasteiger partial charge in [0.25, 0.3) is 0 Å². The van der Waals surface area contributed by atoms with Gasteiger partial charge in [0.2, 0.25) is 5.95 Å². The minimum atomic E-state index is 0.639. The SMILES string of the molecule is COCCNc1nc(C)cn1-c1ccc(C)c(Cl)c1. The zero-order chi connectivity index (χ0) is 13.8. The summed E-state index contributed by atoms with van der Waals surface area (Å²) in [5, 5.41) is 4.01. The Morgan fingerprint density at radius 1 is 1.37 bits per heavy atom. The second kappa shape index (κ2) is 6.08. The molecule has 0 saturated heterocycles. The van der Waals surface area contributed by atoms with Crippen molar-refractivity contribution in [3.8, 4) is 5.69 Å². The van der Waals surface area contributed by atoms with E-state index >= 15 is 0 Å². The first-order chi connectivity index (χ1) is 9.11. The van der Waals surface area contributed by atoms with Gasteiger partial charge in [0, 0.05) is 30.6 Å². The minimum absolute atomic E-state index is 0.639. The van der Waals surface area contributed by atoms with E-state index in [0.717, 1.165) is 27.9 Å². The zero-order valence-electron chi connectivity index (χ0n) is 11.4. The maximum atomic E-state index is 6.18. The van der Waals surface area contributed by atoms with Crippen LogP contribution in [0.5, 0.6) is 0 Å². The van der Waals surface area contributed by atoms with Crippen molar-refractivity contribution in [1.82, 2.24) is 9.55 Å². The number of nitrogens with zero attached hydrogens (tertiary/aromatic N) is 2. The van der Waals surface area contributed by atoms with Crippen molar-refractivity contribution < 1.29 is 4.74 Å². The molecule has 2 rings (SSSR count). The molecule has 0 atom stereocenters.